The largest absolute Gasteiger partial charge is 0.507 e. The SMILES string of the molecule is COc1cccc(/C(O)=C2\C(=O)C(=O)N(c3ccccn3)C2c2ccc(C(C)C)cc2)c1. The van der Waals surface area contributed by atoms with E-state index in [0.29, 0.717) is 28.6 Å². The van der Waals surface area contributed by atoms with E-state index in [1.807, 2.05) is 24.3 Å². The molecule has 1 unspecified atom stereocenters. The van der Waals surface area contributed by atoms with E-state index in [4.69, 9.17) is 4.74 Å². The fourth-order valence-electron chi connectivity index (χ4n) is 3.87. The van der Waals surface area contributed by atoms with Crippen LogP contribution in [0, 0.1) is 0 Å². The van der Waals surface area contributed by atoms with Crippen LogP contribution in [-0.4, -0.2) is 28.9 Å². The molecule has 2 heterocycles. The molecule has 1 atom stereocenters. The van der Waals surface area contributed by atoms with E-state index < -0.39 is 17.7 Å². The predicted octanol–water partition coefficient (Wildman–Crippen LogP) is 4.84. The molecule has 1 amide bonds. The third kappa shape index (κ3) is 3.75. The second-order valence-electron chi connectivity index (χ2n) is 7.91. The zero-order chi connectivity index (χ0) is 22.8. The van der Waals surface area contributed by atoms with Crippen LogP contribution in [0.4, 0.5) is 5.82 Å². The minimum absolute atomic E-state index is 0.0196. The fourth-order valence-corrected chi connectivity index (χ4v) is 3.87. The molecule has 32 heavy (non-hydrogen) atoms. The Labute approximate surface area is 186 Å². The van der Waals surface area contributed by atoms with Gasteiger partial charge in [0.05, 0.1) is 18.7 Å². The van der Waals surface area contributed by atoms with E-state index in [0.717, 1.165) is 5.56 Å². The molecule has 4 rings (SSSR count). The molecule has 1 saturated heterocycles. The third-order valence-electron chi connectivity index (χ3n) is 5.60. The number of aliphatic hydroxyl groups is 1. The van der Waals surface area contributed by atoms with Crippen molar-refractivity contribution < 1.29 is 19.4 Å². The fraction of sp³-hybridized carbons (Fsp3) is 0.192. The lowest BCUT2D eigenvalue weighted by atomic mass is 9.93. The molecule has 0 aliphatic carbocycles. The van der Waals surface area contributed by atoms with Crippen molar-refractivity contribution in [2.45, 2.75) is 25.8 Å². The number of nitrogens with zero attached hydrogens (tertiary/aromatic N) is 2. The Morgan fingerprint density at radius 1 is 1.03 bits per heavy atom. The summed E-state index contributed by atoms with van der Waals surface area (Å²) in [7, 11) is 1.52. The monoisotopic (exact) mass is 428 g/mol. The molecule has 0 spiro atoms. The van der Waals surface area contributed by atoms with Gasteiger partial charge >= 0.3 is 5.91 Å². The average Bonchev–Trinajstić information content (AvgIpc) is 3.09. The zero-order valence-electron chi connectivity index (χ0n) is 18.1. The van der Waals surface area contributed by atoms with Crippen LogP contribution in [0.1, 0.15) is 42.5 Å². The molecule has 1 aromatic heterocycles. The van der Waals surface area contributed by atoms with Crippen molar-refractivity contribution in [2.75, 3.05) is 12.0 Å². The van der Waals surface area contributed by atoms with Gasteiger partial charge in [-0.15, -0.1) is 0 Å². The number of ether oxygens (including phenoxy) is 1. The van der Waals surface area contributed by atoms with Gasteiger partial charge in [0.2, 0.25) is 0 Å². The number of hydrogen-bond donors (Lipinski definition) is 1. The van der Waals surface area contributed by atoms with Gasteiger partial charge in [0.15, 0.2) is 0 Å². The Morgan fingerprint density at radius 3 is 2.41 bits per heavy atom. The smallest absolute Gasteiger partial charge is 0.301 e. The summed E-state index contributed by atoms with van der Waals surface area (Å²) in [6.45, 7) is 4.19. The van der Waals surface area contributed by atoms with Gasteiger partial charge in [-0.05, 0) is 41.3 Å². The quantitative estimate of drug-likeness (QED) is 0.357. The highest BCUT2D eigenvalue weighted by Crippen LogP contribution is 2.42. The van der Waals surface area contributed by atoms with Crippen LogP contribution < -0.4 is 9.64 Å². The van der Waals surface area contributed by atoms with Crippen molar-refractivity contribution in [2.24, 2.45) is 0 Å². The second kappa shape index (κ2) is 8.67. The zero-order valence-corrected chi connectivity index (χ0v) is 18.1. The first kappa shape index (κ1) is 21.3. The third-order valence-corrected chi connectivity index (χ3v) is 5.60. The van der Waals surface area contributed by atoms with Crippen LogP contribution in [0.15, 0.2) is 78.5 Å². The highest BCUT2D eigenvalue weighted by Gasteiger charge is 2.47. The Morgan fingerprint density at radius 2 is 1.78 bits per heavy atom. The predicted molar refractivity (Wildman–Crippen MR) is 123 cm³/mol. The van der Waals surface area contributed by atoms with Gasteiger partial charge in [0.1, 0.15) is 17.3 Å². The molecule has 1 N–H and O–H groups in total. The molecule has 0 radical (unpaired) electrons. The molecule has 1 aliphatic heterocycles. The van der Waals surface area contributed by atoms with Crippen molar-refractivity contribution in [1.82, 2.24) is 4.98 Å². The summed E-state index contributed by atoms with van der Waals surface area (Å²) < 4.78 is 5.25. The number of ketones is 1. The lowest BCUT2D eigenvalue weighted by molar-refractivity contribution is -0.132. The second-order valence-corrected chi connectivity index (χ2v) is 7.91. The van der Waals surface area contributed by atoms with E-state index in [9.17, 15) is 14.7 Å². The highest BCUT2D eigenvalue weighted by atomic mass is 16.5. The standard InChI is InChI=1S/C26H24N2O4/c1-16(2)17-10-12-18(13-11-17)23-22(24(29)19-7-6-8-20(15-19)32-3)25(30)26(31)28(23)21-9-4-5-14-27-21/h4-16,23,29H,1-3H3/b24-22+. The van der Waals surface area contributed by atoms with Crippen molar-refractivity contribution in [3.63, 3.8) is 0 Å². The van der Waals surface area contributed by atoms with Crippen LogP contribution in [0.3, 0.4) is 0 Å². The van der Waals surface area contributed by atoms with Gasteiger partial charge in [-0.2, -0.15) is 0 Å². The minimum atomic E-state index is -0.808. The summed E-state index contributed by atoms with van der Waals surface area (Å²) in [5.74, 6) is -0.523. The van der Waals surface area contributed by atoms with Gasteiger partial charge in [-0.1, -0.05) is 56.3 Å². The van der Waals surface area contributed by atoms with E-state index in [2.05, 4.69) is 18.8 Å². The molecule has 6 nitrogen and oxygen atoms in total. The van der Waals surface area contributed by atoms with E-state index >= 15 is 0 Å². The Bertz CT molecular complexity index is 1180. The maximum atomic E-state index is 13.1. The molecular weight excluding hydrogens is 404 g/mol. The lowest BCUT2D eigenvalue weighted by Gasteiger charge is -2.24. The number of hydrogen-bond acceptors (Lipinski definition) is 5. The van der Waals surface area contributed by atoms with Crippen LogP contribution in [0.2, 0.25) is 0 Å². The first-order chi connectivity index (χ1) is 15.4. The van der Waals surface area contributed by atoms with E-state index in [-0.39, 0.29) is 11.3 Å². The number of amides is 1. The van der Waals surface area contributed by atoms with Gasteiger partial charge in [0, 0.05) is 11.8 Å². The number of benzene rings is 2. The number of methoxy groups -OCH3 is 1. The molecule has 1 aliphatic rings. The van der Waals surface area contributed by atoms with Gasteiger partial charge in [-0.3, -0.25) is 14.5 Å². The van der Waals surface area contributed by atoms with Crippen LogP contribution in [-0.2, 0) is 9.59 Å². The number of rotatable bonds is 5. The number of pyridine rings is 1. The number of Topliss-reactive ketones (excluding diaryl/α,β-unsaturated/α-hetero) is 1. The van der Waals surface area contributed by atoms with Gasteiger partial charge in [-0.25, -0.2) is 4.98 Å². The highest BCUT2D eigenvalue weighted by molar-refractivity contribution is 6.51. The molecule has 0 bridgehead atoms. The number of carbonyl (C=O) groups excluding carboxylic acids is 2. The summed E-state index contributed by atoms with van der Waals surface area (Å²) in [6.07, 6.45) is 1.57. The Balaban J connectivity index is 1.92. The maximum absolute atomic E-state index is 13.1. The van der Waals surface area contributed by atoms with Gasteiger partial charge < -0.3 is 9.84 Å². The van der Waals surface area contributed by atoms with E-state index in [1.165, 1.54) is 12.0 Å². The normalized spacial score (nSPS) is 17.8. The molecule has 2 aromatic carbocycles. The summed E-state index contributed by atoms with van der Waals surface area (Å²) in [5, 5.41) is 11.2. The van der Waals surface area contributed by atoms with Crippen LogP contribution in [0.25, 0.3) is 5.76 Å². The molecule has 6 heteroatoms. The molecular formula is C26H24N2O4. The Kier molecular flexibility index (Phi) is 5.77. The van der Waals surface area contributed by atoms with Crippen molar-refractivity contribution in [1.29, 1.82) is 0 Å². The van der Waals surface area contributed by atoms with Crippen molar-refractivity contribution in [3.8, 4) is 5.75 Å². The summed E-state index contributed by atoms with van der Waals surface area (Å²) >= 11 is 0. The van der Waals surface area contributed by atoms with Crippen LogP contribution >= 0.6 is 0 Å². The summed E-state index contributed by atoms with van der Waals surface area (Å²) in [4.78, 5) is 31.9. The van der Waals surface area contributed by atoms with Gasteiger partial charge in [0.25, 0.3) is 5.78 Å². The summed E-state index contributed by atoms with van der Waals surface area (Å²) in [6, 6.07) is 18.8. The molecule has 3 aromatic rings. The molecule has 162 valence electrons. The van der Waals surface area contributed by atoms with E-state index in [1.54, 1.807) is 48.7 Å². The number of aliphatic hydroxyl groups excluding tert-OH is 1. The van der Waals surface area contributed by atoms with Crippen molar-refractivity contribution in [3.05, 3.63) is 95.2 Å². The molecule has 1 fully saturated rings. The maximum Gasteiger partial charge on any atom is 0.301 e. The number of carbonyl (C=O) groups is 2. The first-order valence-electron chi connectivity index (χ1n) is 10.4. The topological polar surface area (TPSA) is 79.7 Å². The first-order valence-corrected chi connectivity index (χ1v) is 10.4. The number of anilines is 1. The minimum Gasteiger partial charge on any atom is -0.507 e. The summed E-state index contributed by atoms with van der Waals surface area (Å²) in [5.41, 5.74) is 2.26. The van der Waals surface area contributed by atoms with Crippen molar-refractivity contribution >= 4 is 23.3 Å². The average molecular weight is 428 g/mol. The molecule has 0 saturated carbocycles. The Hall–Kier alpha value is -3.93. The lowest BCUT2D eigenvalue weighted by Crippen LogP contribution is -2.30. The van der Waals surface area contributed by atoms with Crippen LogP contribution in [0.5, 0.6) is 5.75 Å². The number of aromatic nitrogens is 1.